The number of aliphatic hydroxyl groups excluding tert-OH is 1. The quantitative estimate of drug-likeness (QED) is 0.315. The van der Waals surface area contributed by atoms with Gasteiger partial charge in [-0.1, -0.05) is 49.6 Å². The van der Waals surface area contributed by atoms with E-state index in [-0.39, 0.29) is 18.1 Å². The van der Waals surface area contributed by atoms with Crippen molar-refractivity contribution in [3.05, 3.63) is 36.0 Å². The van der Waals surface area contributed by atoms with E-state index in [1.165, 1.54) is 24.0 Å². The summed E-state index contributed by atoms with van der Waals surface area (Å²) in [4.78, 5) is 12.8. The summed E-state index contributed by atoms with van der Waals surface area (Å²) in [6.07, 6.45) is 15.6. The van der Waals surface area contributed by atoms with Gasteiger partial charge in [0.2, 0.25) is 0 Å². The Hall–Kier alpha value is -1.19. The van der Waals surface area contributed by atoms with E-state index in [0.717, 1.165) is 44.9 Å². The number of ether oxygens (including phenoxy) is 1. The lowest BCUT2D eigenvalue weighted by atomic mass is 9.83. The zero-order valence-electron chi connectivity index (χ0n) is 20.2. The maximum Gasteiger partial charge on any atom is 0.140 e. The van der Waals surface area contributed by atoms with Gasteiger partial charge in [-0.3, -0.25) is 4.79 Å². The predicted molar refractivity (Wildman–Crippen MR) is 128 cm³/mol. The molecule has 0 bridgehead atoms. The van der Waals surface area contributed by atoms with Crippen LogP contribution in [0, 0.1) is 17.8 Å². The molecular formula is C27H46O3. The van der Waals surface area contributed by atoms with Crippen molar-refractivity contribution in [2.24, 2.45) is 17.8 Å². The molecule has 3 nitrogen and oxygen atoms in total. The van der Waals surface area contributed by atoms with E-state index < -0.39 is 0 Å². The van der Waals surface area contributed by atoms with Gasteiger partial charge in [0.1, 0.15) is 5.78 Å². The number of hydrogen-bond acceptors (Lipinski definition) is 3. The fourth-order valence-corrected chi connectivity index (χ4v) is 4.60. The molecule has 3 heteroatoms. The Morgan fingerprint density at radius 2 is 1.97 bits per heavy atom. The smallest absolute Gasteiger partial charge is 0.140 e. The Labute approximate surface area is 185 Å². The lowest BCUT2D eigenvalue weighted by Crippen LogP contribution is -2.34. The predicted octanol–water partition coefficient (Wildman–Crippen LogP) is 6.81. The number of unbranched alkanes of at least 4 members (excludes halogenated alkanes) is 1. The van der Waals surface area contributed by atoms with Gasteiger partial charge in [-0.25, -0.2) is 0 Å². The van der Waals surface area contributed by atoms with Gasteiger partial charge in [-0.15, -0.1) is 6.58 Å². The van der Waals surface area contributed by atoms with Gasteiger partial charge in [-0.05, 0) is 77.0 Å². The second-order valence-corrected chi connectivity index (χ2v) is 9.49. The first kappa shape index (κ1) is 26.8. The van der Waals surface area contributed by atoms with Gasteiger partial charge < -0.3 is 9.84 Å². The maximum absolute atomic E-state index is 12.8. The van der Waals surface area contributed by atoms with Crippen molar-refractivity contribution in [2.75, 3.05) is 7.11 Å². The molecule has 0 radical (unpaired) electrons. The molecule has 0 amide bonds. The zero-order chi connectivity index (χ0) is 22.5. The fraction of sp³-hybridized carbons (Fsp3) is 0.741. The van der Waals surface area contributed by atoms with E-state index in [9.17, 15) is 9.90 Å². The second kappa shape index (κ2) is 14.8. The summed E-state index contributed by atoms with van der Waals surface area (Å²) >= 11 is 0. The Morgan fingerprint density at radius 3 is 2.60 bits per heavy atom. The van der Waals surface area contributed by atoms with Crippen molar-refractivity contribution in [1.29, 1.82) is 0 Å². The van der Waals surface area contributed by atoms with Crippen molar-refractivity contribution in [2.45, 2.75) is 104 Å². The van der Waals surface area contributed by atoms with Gasteiger partial charge in [-0.2, -0.15) is 0 Å². The number of carbonyl (C=O) groups excluding carboxylic acids is 1. The minimum atomic E-state index is -0.326. The molecule has 1 saturated carbocycles. The third kappa shape index (κ3) is 10.2. The first-order chi connectivity index (χ1) is 14.3. The Balaban J connectivity index is 2.51. The van der Waals surface area contributed by atoms with E-state index in [0.29, 0.717) is 24.0 Å². The standard InChI is InChI=1S/C27H46O3/c1-7-9-11-20(3)18-24(10-8-2)25(28)14-12-21(4)16-22(5)17-23-13-15-26(29)27(19-23)30-6/h8,17-18,21,23-24,26-27,29H,2,7,9-16,19H2,1,3-6H3/b20-18+,22-17+/t21-,23?,24-,26-,27?/m1/s1. The number of allylic oxidation sites excluding steroid dienone is 5. The van der Waals surface area contributed by atoms with E-state index in [1.807, 2.05) is 6.08 Å². The highest BCUT2D eigenvalue weighted by Crippen LogP contribution is 2.29. The van der Waals surface area contributed by atoms with Crippen molar-refractivity contribution in [3.63, 3.8) is 0 Å². The van der Waals surface area contributed by atoms with Crippen molar-refractivity contribution in [3.8, 4) is 0 Å². The molecule has 30 heavy (non-hydrogen) atoms. The van der Waals surface area contributed by atoms with E-state index in [2.05, 4.69) is 46.4 Å². The number of ketones is 1. The lowest BCUT2D eigenvalue weighted by Gasteiger charge is -2.31. The average molecular weight is 419 g/mol. The van der Waals surface area contributed by atoms with E-state index in [4.69, 9.17) is 4.74 Å². The molecule has 1 rings (SSSR count). The Morgan fingerprint density at radius 1 is 1.23 bits per heavy atom. The Kier molecular flexibility index (Phi) is 13.2. The van der Waals surface area contributed by atoms with Gasteiger partial charge in [0.25, 0.3) is 0 Å². The monoisotopic (exact) mass is 418 g/mol. The largest absolute Gasteiger partial charge is 0.390 e. The van der Waals surface area contributed by atoms with Crippen molar-refractivity contribution in [1.82, 2.24) is 0 Å². The molecule has 1 N–H and O–H groups in total. The topological polar surface area (TPSA) is 46.5 Å². The molecular weight excluding hydrogens is 372 g/mol. The molecule has 1 aliphatic rings. The van der Waals surface area contributed by atoms with Crippen LogP contribution in [0.25, 0.3) is 0 Å². The van der Waals surface area contributed by atoms with Gasteiger partial charge in [0.05, 0.1) is 12.2 Å². The Bertz CT molecular complexity index is 575. The van der Waals surface area contributed by atoms with Crippen LogP contribution in [0.4, 0.5) is 0 Å². The highest BCUT2D eigenvalue weighted by atomic mass is 16.5. The number of rotatable bonds is 14. The summed E-state index contributed by atoms with van der Waals surface area (Å²) in [5.74, 6) is 1.32. The summed E-state index contributed by atoms with van der Waals surface area (Å²) in [6.45, 7) is 12.6. The highest BCUT2D eigenvalue weighted by molar-refractivity contribution is 5.82. The molecule has 0 aromatic rings. The first-order valence-electron chi connectivity index (χ1n) is 12.0. The number of carbonyl (C=O) groups is 1. The lowest BCUT2D eigenvalue weighted by molar-refractivity contribution is -0.121. The van der Waals surface area contributed by atoms with Crippen LogP contribution in [-0.4, -0.2) is 30.2 Å². The van der Waals surface area contributed by atoms with E-state index in [1.54, 1.807) is 7.11 Å². The molecule has 0 spiro atoms. The van der Waals surface area contributed by atoms with E-state index >= 15 is 0 Å². The molecule has 2 unspecified atom stereocenters. The van der Waals surface area contributed by atoms with Crippen LogP contribution < -0.4 is 0 Å². The van der Waals surface area contributed by atoms with Crippen LogP contribution in [0.1, 0.15) is 91.9 Å². The van der Waals surface area contributed by atoms with Crippen LogP contribution >= 0.6 is 0 Å². The third-order valence-corrected chi connectivity index (χ3v) is 6.42. The molecule has 0 heterocycles. The molecule has 0 saturated heterocycles. The summed E-state index contributed by atoms with van der Waals surface area (Å²) < 4.78 is 5.42. The normalized spacial score (nSPS) is 25.1. The summed E-state index contributed by atoms with van der Waals surface area (Å²) in [7, 11) is 1.69. The number of methoxy groups -OCH3 is 1. The van der Waals surface area contributed by atoms with Gasteiger partial charge in [0, 0.05) is 19.4 Å². The van der Waals surface area contributed by atoms with Gasteiger partial charge >= 0.3 is 0 Å². The van der Waals surface area contributed by atoms with Crippen LogP contribution in [0.5, 0.6) is 0 Å². The minimum Gasteiger partial charge on any atom is -0.390 e. The second-order valence-electron chi connectivity index (χ2n) is 9.49. The van der Waals surface area contributed by atoms with Crippen molar-refractivity contribution < 1.29 is 14.6 Å². The summed E-state index contributed by atoms with van der Waals surface area (Å²) in [5.41, 5.74) is 2.72. The number of hydrogen-bond donors (Lipinski definition) is 1. The molecule has 1 aliphatic carbocycles. The molecule has 0 aromatic heterocycles. The fourth-order valence-electron chi connectivity index (χ4n) is 4.60. The third-order valence-electron chi connectivity index (χ3n) is 6.42. The minimum absolute atomic E-state index is 0.0113. The van der Waals surface area contributed by atoms with Crippen LogP contribution in [-0.2, 0) is 9.53 Å². The molecule has 1 fully saturated rings. The summed E-state index contributed by atoms with van der Waals surface area (Å²) in [6, 6.07) is 0. The highest BCUT2D eigenvalue weighted by Gasteiger charge is 2.28. The SMILES string of the molecule is C=CC[C@H](/C=C(\C)CCCC)C(=O)CC[C@@H](C)C/C(C)=C/C1CC[C@@H](O)C(OC)C1. The first-order valence-corrected chi connectivity index (χ1v) is 12.0. The average Bonchev–Trinajstić information content (AvgIpc) is 2.71. The van der Waals surface area contributed by atoms with Gasteiger partial charge in [0.15, 0.2) is 0 Å². The molecule has 0 aromatic carbocycles. The van der Waals surface area contributed by atoms with Crippen LogP contribution in [0.3, 0.4) is 0 Å². The van der Waals surface area contributed by atoms with Crippen LogP contribution in [0.15, 0.2) is 36.0 Å². The summed E-state index contributed by atoms with van der Waals surface area (Å²) in [5, 5.41) is 9.98. The van der Waals surface area contributed by atoms with Crippen LogP contribution in [0.2, 0.25) is 0 Å². The molecule has 0 aliphatic heterocycles. The number of Topliss-reactive ketones (excluding diaryl/α,β-unsaturated/α-hetero) is 1. The maximum atomic E-state index is 12.8. The van der Waals surface area contributed by atoms with Crippen molar-refractivity contribution >= 4 is 5.78 Å². The zero-order valence-corrected chi connectivity index (χ0v) is 20.2. The number of aliphatic hydroxyl groups is 1. The molecule has 172 valence electrons. The molecule has 5 atom stereocenters.